The molecular formula is C12H16N2O2. The van der Waals surface area contributed by atoms with Crippen LogP contribution in [0.4, 0.5) is 11.4 Å². The molecule has 0 spiro atoms. The molecule has 0 atom stereocenters. The van der Waals surface area contributed by atoms with Crippen LogP contribution in [0.3, 0.4) is 0 Å². The minimum absolute atomic E-state index is 0.256. The van der Waals surface area contributed by atoms with Gasteiger partial charge in [0.25, 0.3) is 0 Å². The molecule has 16 heavy (non-hydrogen) atoms. The number of carbonyl (C=O) groups is 1. The van der Waals surface area contributed by atoms with Gasteiger partial charge in [-0.3, -0.25) is 0 Å². The minimum atomic E-state index is -0.937. The highest BCUT2D eigenvalue weighted by molar-refractivity contribution is 5.97. The molecule has 4 heteroatoms. The topological polar surface area (TPSA) is 75.4 Å². The largest absolute Gasteiger partial charge is 0.478 e. The first kappa shape index (κ1) is 10.8. The lowest BCUT2D eigenvalue weighted by Gasteiger charge is -2.17. The fourth-order valence-electron chi connectivity index (χ4n) is 2.18. The van der Waals surface area contributed by atoms with Gasteiger partial charge in [0.15, 0.2) is 0 Å². The third-order valence-electron chi connectivity index (χ3n) is 3.03. The number of rotatable bonds is 3. The normalized spacial score (nSPS) is 16.2. The van der Waals surface area contributed by atoms with Crippen molar-refractivity contribution in [1.29, 1.82) is 0 Å². The van der Waals surface area contributed by atoms with Gasteiger partial charge in [0.05, 0.1) is 16.9 Å². The van der Waals surface area contributed by atoms with E-state index in [1.54, 1.807) is 18.2 Å². The Labute approximate surface area is 94.5 Å². The number of nitrogens with one attached hydrogen (secondary N) is 1. The second-order valence-electron chi connectivity index (χ2n) is 4.20. The lowest BCUT2D eigenvalue weighted by molar-refractivity contribution is 0.0698. The number of anilines is 2. The zero-order chi connectivity index (χ0) is 11.5. The van der Waals surface area contributed by atoms with E-state index in [2.05, 4.69) is 5.32 Å². The first-order chi connectivity index (χ1) is 7.68. The van der Waals surface area contributed by atoms with Crippen molar-refractivity contribution in [2.24, 2.45) is 0 Å². The molecule has 0 bridgehead atoms. The average Bonchev–Trinajstić information content (AvgIpc) is 2.73. The molecule has 0 radical (unpaired) electrons. The number of hydrogen-bond donors (Lipinski definition) is 3. The van der Waals surface area contributed by atoms with Crippen molar-refractivity contribution >= 4 is 17.3 Å². The van der Waals surface area contributed by atoms with E-state index < -0.39 is 5.97 Å². The van der Waals surface area contributed by atoms with Gasteiger partial charge in [0, 0.05) is 6.04 Å². The van der Waals surface area contributed by atoms with Gasteiger partial charge in [0.1, 0.15) is 0 Å². The Morgan fingerprint density at radius 2 is 2.06 bits per heavy atom. The van der Waals surface area contributed by atoms with E-state index in [1.165, 1.54) is 12.8 Å². The fraction of sp³-hybridized carbons (Fsp3) is 0.417. The van der Waals surface area contributed by atoms with E-state index in [0.717, 1.165) is 12.8 Å². The van der Waals surface area contributed by atoms with Crippen molar-refractivity contribution in [1.82, 2.24) is 0 Å². The van der Waals surface area contributed by atoms with Crippen molar-refractivity contribution in [2.45, 2.75) is 31.7 Å². The monoisotopic (exact) mass is 220 g/mol. The Hall–Kier alpha value is -1.71. The summed E-state index contributed by atoms with van der Waals surface area (Å²) in [7, 11) is 0. The number of para-hydroxylation sites is 1. The fourth-order valence-corrected chi connectivity index (χ4v) is 2.18. The summed E-state index contributed by atoms with van der Waals surface area (Å²) in [6.45, 7) is 0. The Balaban J connectivity index is 2.26. The van der Waals surface area contributed by atoms with E-state index in [4.69, 9.17) is 10.8 Å². The second kappa shape index (κ2) is 4.43. The molecule has 1 aromatic rings. The Morgan fingerprint density at radius 3 is 2.69 bits per heavy atom. The molecule has 4 nitrogen and oxygen atoms in total. The summed E-state index contributed by atoms with van der Waals surface area (Å²) < 4.78 is 0. The summed E-state index contributed by atoms with van der Waals surface area (Å²) in [5, 5.41) is 12.3. The second-order valence-corrected chi connectivity index (χ2v) is 4.20. The van der Waals surface area contributed by atoms with Crippen LogP contribution >= 0.6 is 0 Å². The maximum Gasteiger partial charge on any atom is 0.337 e. The highest BCUT2D eigenvalue weighted by atomic mass is 16.4. The average molecular weight is 220 g/mol. The Morgan fingerprint density at radius 1 is 1.38 bits per heavy atom. The summed E-state index contributed by atoms with van der Waals surface area (Å²) in [6, 6.07) is 5.33. The minimum Gasteiger partial charge on any atom is -0.478 e. The molecule has 1 saturated carbocycles. The molecule has 0 amide bonds. The predicted molar refractivity (Wildman–Crippen MR) is 63.7 cm³/mol. The maximum absolute atomic E-state index is 11.1. The molecule has 2 rings (SSSR count). The van der Waals surface area contributed by atoms with Gasteiger partial charge in [-0.1, -0.05) is 18.9 Å². The zero-order valence-electron chi connectivity index (χ0n) is 9.07. The maximum atomic E-state index is 11.1. The van der Waals surface area contributed by atoms with Crippen molar-refractivity contribution < 1.29 is 9.90 Å². The first-order valence-corrected chi connectivity index (χ1v) is 5.57. The van der Waals surface area contributed by atoms with Gasteiger partial charge in [0.2, 0.25) is 0 Å². The summed E-state index contributed by atoms with van der Waals surface area (Å²) in [4.78, 5) is 11.1. The summed E-state index contributed by atoms with van der Waals surface area (Å²) >= 11 is 0. The highest BCUT2D eigenvalue weighted by Gasteiger charge is 2.19. The molecular weight excluding hydrogens is 204 g/mol. The summed E-state index contributed by atoms with van der Waals surface area (Å²) in [5.74, 6) is -0.937. The number of benzene rings is 1. The molecule has 1 aromatic carbocycles. The van der Waals surface area contributed by atoms with E-state index in [1.807, 2.05) is 0 Å². The lowest BCUT2D eigenvalue weighted by Crippen LogP contribution is -2.18. The number of carboxylic acids is 1. The lowest BCUT2D eigenvalue weighted by atomic mass is 10.1. The van der Waals surface area contributed by atoms with Crippen molar-refractivity contribution in [3.05, 3.63) is 23.8 Å². The van der Waals surface area contributed by atoms with E-state index >= 15 is 0 Å². The summed E-state index contributed by atoms with van der Waals surface area (Å²) in [6.07, 6.45) is 4.58. The van der Waals surface area contributed by atoms with E-state index in [0.29, 0.717) is 17.4 Å². The molecule has 4 N–H and O–H groups in total. The zero-order valence-corrected chi connectivity index (χ0v) is 9.07. The van der Waals surface area contributed by atoms with Crippen molar-refractivity contribution in [2.75, 3.05) is 11.1 Å². The van der Waals surface area contributed by atoms with Gasteiger partial charge in [-0.2, -0.15) is 0 Å². The summed E-state index contributed by atoms with van der Waals surface area (Å²) in [5.41, 5.74) is 7.15. The van der Waals surface area contributed by atoms with E-state index in [9.17, 15) is 4.79 Å². The van der Waals surface area contributed by atoms with Crippen LogP contribution in [0.1, 0.15) is 36.0 Å². The van der Waals surface area contributed by atoms with Crippen LogP contribution in [-0.2, 0) is 0 Å². The SMILES string of the molecule is Nc1cccc(C(=O)O)c1NC1CCCC1. The van der Waals surface area contributed by atoms with Crippen LogP contribution in [0.25, 0.3) is 0 Å². The molecule has 1 fully saturated rings. The highest BCUT2D eigenvalue weighted by Crippen LogP contribution is 2.28. The molecule has 0 aromatic heterocycles. The first-order valence-electron chi connectivity index (χ1n) is 5.57. The van der Waals surface area contributed by atoms with Crippen LogP contribution < -0.4 is 11.1 Å². The molecule has 1 aliphatic rings. The number of nitrogen functional groups attached to an aromatic ring is 1. The molecule has 0 unspecified atom stereocenters. The smallest absolute Gasteiger partial charge is 0.337 e. The predicted octanol–water partition coefficient (Wildman–Crippen LogP) is 2.32. The van der Waals surface area contributed by atoms with Gasteiger partial charge >= 0.3 is 5.97 Å². The van der Waals surface area contributed by atoms with Crippen LogP contribution in [0.15, 0.2) is 18.2 Å². The van der Waals surface area contributed by atoms with Gasteiger partial charge in [-0.15, -0.1) is 0 Å². The van der Waals surface area contributed by atoms with Crippen LogP contribution in [-0.4, -0.2) is 17.1 Å². The van der Waals surface area contributed by atoms with Gasteiger partial charge < -0.3 is 16.2 Å². The van der Waals surface area contributed by atoms with Crippen LogP contribution in [0, 0.1) is 0 Å². The number of nitrogens with two attached hydrogens (primary N) is 1. The standard InChI is InChI=1S/C12H16N2O2/c13-10-7-3-6-9(12(15)16)11(10)14-8-4-1-2-5-8/h3,6-8,14H,1-2,4-5,13H2,(H,15,16). The quantitative estimate of drug-likeness (QED) is 0.683. The third-order valence-corrected chi connectivity index (χ3v) is 3.03. The molecule has 0 heterocycles. The van der Waals surface area contributed by atoms with E-state index in [-0.39, 0.29) is 5.56 Å². The number of hydrogen-bond acceptors (Lipinski definition) is 3. The Kier molecular flexibility index (Phi) is 2.99. The van der Waals surface area contributed by atoms with Crippen LogP contribution in [0.2, 0.25) is 0 Å². The van der Waals surface area contributed by atoms with Crippen molar-refractivity contribution in [3.8, 4) is 0 Å². The molecule has 86 valence electrons. The van der Waals surface area contributed by atoms with Gasteiger partial charge in [-0.25, -0.2) is 4.79 Å². The number of carboxylic acid groups (broad SMARTS) is 1. The molecule has 0 aliphatic heterocycles. The van der Waals surface area contributed by atoms with Crippen LogP contribution in [0.5, 0.6) is 0 Å². The number of aromatic carboxylic acids is 1. The third kappa shape index (κ3) is 2.10. The van der Waals surface area contributed by atoms with Gasteiger partial charge in [-0.05, 0) is 25.0 Å². The Bertz CT molecular complexity index is 398. The van der Waals surface area contributed by atoms with Crippen molar-refractivity contribution in [3.63, 3.8) is 0 Å². The molecule has 1 aliphatic carbocycles. The molecule has 0 saturated heterocycles.